The standard InChI is InChI=1S/C11H11ClN2/c1-2-9-8-10(12)4-5-11(9)14-7-3-6-13-14/h2,4-6,8H,1,3,7H2. The van der Waals surface area contributed by atoms with Crippen molar-refractivity contribution in [2.24, 2.45) is 5.10 Å². The fourth-order valence-electron chi connectivity index (χ4n) is 1.50. The third kappa shape index (κ3) is 1.66. The van der Waals surface area contributed by atoms with Crippen LogP contribution < -0.4 is 5.01 Å². The number of hydrazone groups is 1. The Kier molecular flexibility index (Phi) is 2.55. The number of anilines is 1. The van der Waals surface area contributed by atoms with E-state index in [1.54, 1.807) is 6.08 Å². The van der Waals surface area contributed by atoms with E-state index in [1.807, 2.05) is 29.4 Å². The SMILES string of the molecule is C=Cc1cc(Cl)ccc1N1CCC=N1. The van der Waals surface area contributed by atoms with Crippen molar-refractivity contribution in [1.82, 2.24) is 0 Å². The summed E-state index contributed by atoms with van der Waals surface area (Å²) in [4.78, 5) is 0. The van der Waals surface area contributed by atoms with Crippen LogP contribution in [0.3, 0.4) is 0 Å². The summed E-state index contributed by atoms with van der Waals surface area (Å²) >= 11 is 5.90. The molecule has 1 aliphatic rings. The van der Waals surface area contributed by atoms with Gasteiger partial charge in [-0.2, -0.15) is 5.10 Å². The first-order valence-electron chi connectivity index (χ1n) is 4.53. The highest BCUT2D eigenvalue weighted by Gasteiger charge is 2.11. The van der Waals surface area contributed by atoms with Crippen LogP contribution in [0, 0.1) is 0 Å². The molecule has 1 heterocycles. The zero-order valence-electron chi connectivity index (χ0n) is 7.78. The molecule has 1 aromatic rings. The molecular formula is C11H11ClN2. The van der Waals surface area contributed by atoms with Crippen molar-refractivity contribution in [2.75, 3.05) is 11.6 Å². The topological polar surface area (TPSA) is 15.6 Å². The van der Waals surface area contributed by atoms with E-state index in [0.29, 0.717) is 0 Å². The molecule has 2 rings (SSSR count). The summed E-state index contributed by atoms with van der Waals surface area (Å²) in [5, 5.41) is 6.96. The Morgan fingerprint density at radius 3 is 3.00 bits per heavy atom. The van der Waals surface area contributed by atoms with Gasteiger partial charge in [0.25, 0.3) is 0 Å². The van der Waals surface area contributed by atoms with E-state index in [1.165, 1.54) is 0 Å². The molecular weight excluding hydrogens is 196 g/mol. The van der Waals surface area contributed by atoms with Gasteiger partial charge in [0.05, 0.1) is 5.69 Å². The summed E-state index contributed by atoms with van der Waals surface area (Å²) < 4.78 is 0. The van der Waals surface area contributed by atoms with Crippen LogP contribution in [0.5, 0.6) is 0 Å². The highest BCUT2D eigenvalue weighted by molar-refractivity contribution is 6.30. The molecule has 0 radical (unpaired) electrons. The molecule has 0 fully saturated rings. The van der Waals surface area contributed by atoms with Crippen molar-refractivity contribution in [3.63, 3.8) is 0 Å². The summed E-state index contributed by atoms with van der Waals surface area (Å²) in [5.74, 6) is 0. The lowest BCUT2D eigenvalue weighted by Crippen LogP contribution is -2.12. The molecule has 0 N–H and O–H groups in total. The van der Waals surface area contributed by atoms with Gasteiger partial charge in [-0.25, -0.2) is 0 Å². The van der Waals surface area contributed by atoms with Crippen LogP contribution in [0.1, 0.15) is 12.0 Å². The number of nitrogens with zero attached hydrogens (tertiary/aromatic N) is 2. The molecule has 0 saturated heterocycles. The van der Waals surface area contributed by atoms with Gasteiger partial charge in [-0.1, -0.05) is 24.3 Å². The van der Waals surface area contributed by atoms with Gasteiger partial charge in [0.2, 0.25) is 0 Å². The smallest absolute Gasteiger partial charge is 0.0667 e. The number of rotatable bonds is 2. The van der Waals surface area contributed by atoms with Crippen LogP contribution in [-0.4, -0.2) is 12.8 Å². The Morgan fingerprint density at radius 2 is 2.36 bits per heavy atom. The predicted octanol–water partition coefficient (Wildman–Crippen LogP) is 3.18. The molecule has 1 aromatic carbocycles. The molecule has 14 heavy (non-hydrogen) atoms. The van der Waals surface area contributed by atoms with Gasteiger partial charge >= 0.3 is 0 Å². The van der Waals surface area contributed by atoms with E-state index in [9.17, 15) is 0 Å². The normalized spacial score (nSPS) is 14.8. The maximum atomic E-state index is 5.90. The first kappa shape index (κ1) is 9.28. The summed E-state index contributed by atoms with van der Waals surface area (Å²) in [6.07, 6.45) is 4.72. The second-order valence-corrected chi connectivity index (χ2v) is 3.55. The van der Waals surface area contributed by atoms with Gasteiger partial charge in [0.15, 0.2) is 0 Å². The highest BCUT2D eigenvalue weighted by Crippen LogP contribution is 2.26. The van der Waals surface area contributed by atoms with Gasteiger partial charge in [-0.3, -0.25) is 5.01 Å². The van der Waals surface area contributed by atoms with E-state index in [2.05, 4.69) is 11.7 Å². The Labute approximate surface area is 88.5 Å². The maximum Gasteiger partial charge on any atom is 0.0667 e. The average Bonchev–Trinajstić information content (AvgIpc) is 2.70. The Bertz CT molecular complexity index is 385. The zero-order valence-corrected chi connectivity index (χ0v) is 8.54. The van der Waals surface area contributed by atoms with E-state index in [4.69, 9.17) is 11.6 Å². The molecule has 0 unspecified atom stereocenters. The third-order valence-corrected chi connectivity index (χ3v) is 2.41. The number of halogens is 1. The first-order chi connectivity index (χ1) is 6.81. The largest absolute Gasteiger partial charge is 0.265 e. The minimum atomic E-state index is 0.729. The molecule has 0 saturated carbocycles. The summed E-state index contributed by atoms with van der Waals surface area (Å²) in [5.41, 5.74) is 2.09. The molecule has 0 amide bonds. The van der Waals surface area contributed by atoms with Crippen molar-refractivity contribution < 1.29 is 0 Å². The fraction of sp³-hybridized carbons (Fsp3) is 0.182. The van der Waals surface area contributed by atoms with Crippen LogP contribution in [0.15, 0.2) is 29.9 Å². The second kappa shape index (κ2) is 3.84. The molecule has 0 spiro atoms. The van der Waals surface area contributed by atoms with Crippen LogP contribution >= 0.6 is 11.6 Å². The van der Waals surface area contributed by atoms with Crippen LogP contribution in [0.4, 0.5) is 5.69 Å². The van der Waals surface area contributed by atoms with Crippen molar-refractivity contribution in [3.8, 4) is 0 Å². The lowest BCUT2D eigenvalue weighted by atomic mass is 10.1. The maximum absolute atomic E-state index is 5.90. The van der Waals surface area contributed by atoms with E-state index in [0.717, 1.165) is 29.2 Å². The van der Waals surface area contributed by atoms with Crippen molar-refractivity contribution >= 4 is 29.6 Å². The van der Waals surface area contributed by atoms with E-state index in [-0.39, 0.29) is 0 Å². The fourth-order valence-corrected chi connectivity index (χ4v) is 1.68. The molecule has 1 aliphatic heterocycles. The predicted molar refractivity (Wildman–Crippen MR) is 62.0 cm³/mol. The Morgan fingerprint density at radius 1 is 1.50 bits per heavy atom. The minimum absolute atomic E-state index is 0.729. The van der Waals surface area contributed by atoms with Gasteiger partial charge in [-0.15, -0.1) is 0 Å². The van der Waals surface area contributed by atoms with Crippen molar-refractivity contribution in [3.05, 3.63) is 35.4 Å². The Balaban J connectivity index is 2.41. The number of benzene rings is 1. The van der Waals surface area contributed by atoms with Gasteiger partial charge in [0.1, 0.15) is 0 Å². The van der Waals surface area contributed by atoms with Crippen LogP contribution in [0.2, 0.25) is 5.02 Å². The molecule has 0 bridgehead atoms. The molecule has 3 heteroatoms. The second-order valence-electron chi connectivity index (χ2n) is 3.12. The summed E-state index contributed by atoms with van der Waals surface area (Å²) in [6.45, 7) is 4.70. The first-order valence-corrected chi connectivity index (χ1v) is 4.91. The quantitative estimate of drug-likeness (QED) is 0.726. The molecule has 0 aliphatic carbocycles. The lowest BCUT2D eigenvalue weighted by Gasteiger charge is -2.16. The van der Waals surface area contributed by atoms with Crippen molar-refractivity contribution in [2.45, 2.75) is 6.42 Å². The summed E-state index contributed by atoms with van der Waals surface area (Å²) in [7, 11) is 0. The zero-order chi connectivity index (χ0) is 9.97. The monoisotopic (exact) mass is 206 g/mol. The average molecular weight is 207 g/mol. The van der Waals surface area contributed by atoms with Crippen molar-refractivity contribution in [1.29, 1.82) is 0 Å². The van der Waals surface area contributed by atoms with Crippen LogP contribution in [-0.2, 0) is 0 Å². The third-order valence-electron chi connectivity index (χ3n) is 2.18. The minimum Gasteiger partial charge on any atom is -0.265 e. The molecule has 0 atom stereocenters. The van der Waals surface area contributed by atoms with E-state index >= 15 is 0 Å². The van der Waals surface area contributed by atoms with Crippen LogP contribution in [0.25, 0.3) is 6.08 Å². The van der Waals surface area contributed by atoms with Gasteiger partial charge < -0.3 is 0 Å². The summed E-state index contributed by atoms with van der Waals surface area (Å²) in [6, 6.07) is 5.75. The van der Waals surface area contributed by atoms with E-state index < -0.39 is 0 Å². The lowest BCUT2D eigenvalue weighted by molar-refractivity contribution is 0.920. The Hall–Kier alpha value is -1.28. The molecule has 72 valence electrons. The number of hydrogen-bond acceptors (Lipinski definition) is 2. The molecule has 0 aromatic heterocycles. The highest BCUT2D eigenvalue weighted by atomic mass is 35.5. The van der Waals surface area contributed by atoms with Gasteiger partial charge in [-0.05, 0) is 18.2 Å². The van der Waals surface area contributed by atoms with Gasteiger partial charge in [0, 0.05) is 29.8 Å². The number of hydrogen-bond donors (Lipinski definition) is 0. The molecule has 2 nitrogen and oxygen atoms in total.